The highest BCUT2D eigenvalue weighted by atomic mass is 79.9. The zero-order valence-corrected chi connectivity index (χ0v) is 18.7. The van der Waals surface area contributed by atoms with E-state index in [-0.39, 0.29) is 22.3 Å². The molecule has 2 aromatic carbocycles. The Morgan fingerprint density at radius 2 is 1.59 bits per heavy atom. The van der Waals surface area contributed by atoms with Crippen LogP contribution in [0, 0.1) is 5.92 Å². The van der Waals surface area contributed by atoms with E-state index in [4.69, 9.17) is 4.74 Å². The van der Waals surface area contributed by atoms with Crippen molar-refractivity contribution in [2.24, 2.45) is 5.92 Å². The van der Waals surface area contributed by atoms with E-state index in [1.54, 1.807) is 12.1 Å². The minimum absolute atomic E-state index is 0.116. The number of esters is 1. The number of amides is 1. The molecule has 1 amide bonds. The van der Waals surface area contributed by atoms with Crippen LogP contribution in [0.4, 0.5) is 5.69 Å². The Bertz CT molecular complexity index is 957. The summed E-state index contributed by atoms with van der Waals surface area (Å²) in [7, 11) is -3.75. The number of nitrogens with one attached hydrogen (secondary N) is 2. The Kier molecular flexibility index (Phi) is 7.80. The summed E-state index contributed by atoms with van der Waals surface area (Å²) in [4.78, 5) is 24.2. The summed E-state index contributed by atoms with van der Waals surface area (Å²) >= 11 is 3.26. The molecule has 1 unspecified atom stereocenters. The monoisotopic (exact) mass is 482 g/mol. The average Bonchev–Trinajstić information content (AvgIpc) is 2.66. The van der Waals surface area contributed by atoms with Crippen molar-refractivity contribution in [3.63, 3.8) is 0 Å². The first-order chi connectivity index (χ1) is 13.6. The lowest BCUT2D eigenvalue weighted by Crippen LogP contribution is -2.37. The van der Waals surface area contributed by atoms with E-state index < -0.39 is 22.1 Å². The zero-order chi connectivity index (χ0) is 21.6. The molecular weight excluding hydrogens is 460 g/mol. The predicted molar refractivity (Wildman–Crippen MR) is 114 cm³/mol. The fourth-order valence-corrected chi connectivity index (χ4v) is 3.56. The molecule has 0 aromatic heterocycles. The van der Waals surface area contributed by atoms with Gasteiger partial charge in [0.25, 0.3) is 15.9 Å². The Morgan fingerprint density at radius 1 is 1.00 bits per heavy atom. The second-order valence-corrected chi connectivity index (χ2v) is 9.42. The van der Waals surface area contributed by atoms with Crippen LogP contribution in [-0.2, 0) is 19.6 Å². The van der Waals surface area contributed by atoms with Crippen LogP contribution in [0.15, 0.2) is 57.9 Å². The molecule has 0 bridgehead atoms. The normalized spacial score (nSPS) is 12.3. The average molecular weight is 483 g/mol. The Labute approximate surface area is 179 Å². The minimum Gasteiger partial charge on any atom is -0.449 e. The third-order valence-electron chi connectivity index (χ3n) is 3.83. The molecule has 0 aliphatic heterocycles. The number of carbonyl (C=O) groups excluding carboxylic acids is 2. The van der Waals surface area contributed by atoms with E-state index in [2.05, 4.69) is 26.0 Å². The van der Waals surface area contributed by atoms with Crippen molar-refractivity contribution < 1.29 is 22.7 Å². The summed E-state index contributed by atoms with van der Waals surface area (Å²) in [5.41, 5.74) is 0.507. The number of hydrogen-bond donors (Lipinski definition) is 2. The lowest BCUT2D eigenvalue weighted by molar-refractivity contribution is -0.129. The number of rotatable bonds is 8. The van der Waals surface area contributed by atoms with Gasteiger partial charge in [0.2, 0.25) is 0 Å². The van der Waals surface area contributed by atoms with Crippen molar-refractivity contribution >= 4 is 43.5 Å². The van der Waals surface area contributed by atoms with Crippen LogP contribution in [0.3, 0.4) is 0 Å². The number of carbonyl (C=O) groups is 2. The van der Waals surface area contributed by atoms with Crippen molar-refractivity contribution in [3.05, 3.63) is 58.6 Å². The Morgan fingerprint density at radius 3 is 2.14 bits per heavy atom. The van der Waals surface area contributed by atoms with Crippen molar-refractivity contribution in [3.8, 4) is 0 Å². The largest absolute Gasteiger partial charge is 0.449 e. The summed E-state index contributed by atoms with van der Waals surface area (Å²) in [6.07, 6.45) is -0.933. The molecule has 29 heavy (non-hydrogen) atoms. The van der Waals surface area contributed by atoms with E-state index >= 15 is 0 Å². The summed E-state index contributed by atoms with van der Waals surface area (Å²) in [6.45, 7) is 5.91. The van der Waals surface area contributed by atoms with Crippen LogP contribution in [0.25, 0.3) is 0 Å². The van der Waals surface area contributed by atoms with Gasteiger partial charge in [-0.1, -0.05) is 29.8 Å². The van der Waals surface area contributed by atoms with Crippen molar-refractivity contribution in [1.82, 2.24) is 5.32 Å². The lowest BCUT2D eigenvalue weighted by Gasteiger charge is -2.15. The molecule has 2 aromatic rings. The molecule has 156 valence electrons. The molecule has 0 fully saturated rings. The quantitative estimate of drug-likeness (QED) is 0.559. The molecule has 0 radical (unpaired) electrons. The number of anilines is 1. The predicted octanol–water partition coefficient (Wildman–Crippen LogP) is 3.57. The van der Waals surface area contributed by atoms with Crippen LogP contribution in [0.2, 0.25) is 0 Å². The van der Waals surface area contributed by atoms with E-state index in [0.717, 1.165) is 4.47 Å². The number of halogens is 1. The standard InChI is InChI=1S/C20H23BrN2O5S/c1-13(2)12-22-19(24)14(3)28-20(25)15-4-8-17(9-5-15)23-29(26,27)18-10-6-16(21)7-11-18/h4-11,13-14,23H,12H2,1-3H3,(H,22,24). The first-order valence-electron chi connectivity index (χ1n) is 8.95. The molecule has 2 rings (SSSR count). The summed E-state index contributed by atoms with van der Waals surface area (Å²) in [5.74, 6) is -0.749. The SMILES string of the molecule is CC(C)CNC(=O)C(C)OC(=O)c1ccc(NS(=O)(=O)c2ccc(Br)cc2)cc1. The van der Waals surface area contributed by atoms with Gasteiger partial charge in [0.1, 0.15) is 0 Å². The number of hydrogen-bond acceptors (Lipinski definition) is 5. The van der Waals surface area contributed by atoms with Gasteiger partial charge in [0, 0.05) is 16.7 Å². The third-order valence-corrected chi connectivity index (χ3v) is 5.76. The van der Waals surface area contributed by atoms with E-state index in [1.807, 2.05) is 13.8 Å². The van der Waals surface area contributed by atoms with E-state index in [9.17, 15) is 18.0 Å². The molecule has 0 aliphatic rings. The highest BCUT2D eigenvalue weighted by Crippen LogP contribution is 2.19. The Balaban J connectivity index is 1.99. The summed E-state index contributed by atoms with van der Waals surface area (Å²) < 4.78 is 33.2. The molecule has 1 atom stereocenters. The maximum Gasteiger partial charge on any atom is 0.338 e. The molecular formula is C20H23BrN2O5S. The second-order valence-electron chi connectivity index (χ2n) is 6.82. The molecule has 9 heteroatoms. The maximum atomic E-state index is 12.4. The number of sulfonamides is 1. The van der Waals surface area contributed by atoms with Crippen LogP contribution in [0.1, 0.15) is 31.1 Å². The first-order valence-corrected chi connectivity index (χ1v) is 11.2. The minimum atomic E-state index is -3.75. The van der Waals surface area contributed by atoms with Gasteiger partial charge in [-0.15, -0.1) is 0 Å². The number of ether oxygens (including phenoxy) is 1. The maximum absolute atomic E-state index is 12.4. The highest BCUT2D eigenvalue weighted by molar-refractivity contribution is 9.10. The lowest BCUT2D eigenvalue weighted by atomic mass is 10.2. The fraction of sp³-hybridized carbons (Fsp3) is 0.300. The fourth-order valence-electron chi connectivity index (χ4n) is 2.23. The van der Waals surface area contributed by atoms with Crippen LogP contribution in [-0.4, -0.2) is 32.9 Å². The van der Waals surface area contributed by atoms with E-state index in [0.29, 0.717) is 12.2 Å². The van der Waals surface area contributed by atoms with Gasteiger partial charge < -0.3 is 10.1 Å². The van der Waals surface area contributed by atoms with Gasteiger partial charge >= 0.3 is 5.97 Å². The van der Waals surface area contributed by atoms with Crippen LogP contribution in [0.5, 0.6) is 0 Å². The van der Waals surface area contributed by atoms with E-state index in [1.165, 1.54) is 43.3 Å². The molecule has 2 N–H and O–H groups in total. The van der Waals surface area contributed by atoms with Crippen LogP contribution >= 0.6 is 15.9 Å². The molecule has 0 saturated carbocycles. The van der Waals surface area contributed by atoms with Gasteiger partial charge in [0.15, 0.2) is 6.10 Å². The van der Waals surface area contributed by atoms with Gasteiger partial charge in [-0.2, -0.15) is 0 Å². The van der Waals surface area contributed by atoms with Crippen molar-refractivity contribution in [1.29, 1.82) is 0 Å². The molecule has 0 spiro atoms. The first kappa shape index (κ1) is 22.9. The highest BCUT2D eigenvalue weighted by Gasteiger charge is 2.19. The van der Waals surface area contributed by atoms with Gasteiger partial charge in [0.05, 0.1) is 10.5 Å². The van der Waals surface area contributed by atoms with Crippen molar-refractivity contribution in [2.45, 2.75) is 31.8 Å². The molecule has 7 nitrogen and oxygen atoms in total. The van der Waals surface area contributed by atoms with Gasteiger partial charge in [-0.3, -0.25) is 9.52 Å². The second kappa shape index (κ2) is 9.89. The summed E-state index contributed by atoms with van der Waals surface area (Å²) in [5, 5.41) is 2.70. The van der Waals surface area contributed by atoms with Gasteiger partial charge in [-0.05, 0) is 61.4 Å². The third kappa shape index (κ3) is 6.86. The topological polar surface area (TPSA) is 102 Å². The molecule has 0 aliphatic carbocycles. The molecule has 0 saturated heterocycles. The smallest absolute Gasteiger partial charge is 0.338 e. The summed E-state index contributed by atoms with van der Waals surface area (Å²) in [6, 6.07) is 12.0. The van der Waals surface area contributed by atoms with Crippen molar-refractivity contribution in [2.75, 3.05) is 11.3 Å². The van der Waals surface area contributed by atoms with Crippen LogP contribution < -0.4 is 10.0 Å². The molecule has 0 heterocycles. The van der Waals surface area contributed by atoms with Gasteiger partial charge in [-0.25, -0.2) is 13.2 Å². The number of benzene rings is 2. The zero-order valence-electron chi connectivity index (χ0n) is 16.3. The Hall–Kier alpha value is -2.39.